The number of hydrogen-bond acceptors (Lipinski definition) is 4. The van der Waals surface area contributed by atoms with Crippen LogP contribution in [-0.4, -0.2) is 49.3 Å². The maximum Gasteiger partial charge on any atom is 0.191 e. The van der Waals surface area contributed by atoms with E-state index in [1.807, 2.05) is 12.1 Å². The number of rotatable bonds is 9. The molecule has 0 bridgehead atoms. The largest absolute Gasteiger partial charge is 0.504 e. The van der Waals surface area contributed by atoms with Crippen molar-refractivity contribution in [3.05, 3.63) is 59.2 Å². The summed E-state index contributed by atoms with van der Waals surface area (Å²) in [6.07, 6.45) is 3.33. The minimum Gasteiger partial charge on any atom is -0.504 e. The van der Waals surface area contributed by atoms with E-state index in [9.17, 15) is 5.11 Å². The Labute approximate surface area is 180 Å². The summed E-state index contributed by atoms with van der Waals surface area (Å²) in [5.41, 5.74) is 3.42. The highest BCUT2D eigenvalue weighted by Crippen LogP contribution is 2.29. The van der Waals surface area contributed by atoms with Crippen molar-refractivity contribution in [2.45, 2.75) is 39.3 Å². The lowest BCUT2D eigenvalue weighted by Gasteiger charge is -2.15. The molecular formula is C24H34N4O2. The molecule has 162 valence electrons. The van der Waals surface area contributed by atoms with Crippen LogP contribution in [0.2, 0.25) is 0 Å². The minimum atomic E-state index is 0.206. The maximum atomic E-state index is 10.2. The molecule has 2 aromatic rings. The van der Waals surface area contributed by atoms with Gasteiger partial charge >= 0.3 is 0 Å². The van der Waals surface area contributed by atoms with E-state index < -0.39 is 0 Å². The third-order valence-electron chi connectivity index (χ3n) is 5.38. The van der Waals surface area contributed by atoms with Crippen LogP contribution in [0, 0.1) is 0 Å². The number of aromatic hydroxyl groups is 1. The van der Waals surface area contributed by atoms with Crippen LogP contribution in [0.4, 0.5) is 0 Å². The number of ether oxygens (including phenoxy) is 1. The summed E-state index contributed by atoms with van der Waals surface area (Å²) < 4.78 is 5.18. The van der Waals surface area contributed by atoms with Gasteiger partial charge in [-0.25, -0.2) is 4.99 Å². The van der Waals surface area contributed by atoms with Crippen LogP contribution in [0.15, 0.2) is 47.5 Å². The number of methoxy groups -OCH3 is 1. The summed E-state index contributed by atoms with van der Waals surface area (Å²) in [6.45, 7) is 7.63. The van der Waals surface area contributed by atoms with Crippen molar-refractivity contribution in [3.63, 3.8) is 0 Å². The lowest BCUT2D eigenvalue weighted by molar-refractivity contribution is 0.331. The van der Waals surface area contributed by atoms with Crippen LogP contribution >= 0.6 is 0 Å². The molecule has 0 saturated carbocycles. The normalized spacial score (nSPS) is 14.7. The first-order chi connectivity index (χ1) is 14.7. The van der Waals surface area contributed by atoms with Crippen molar-refractivity contribution in [3.8, 4) is 11.5 Å². The molecule has 0 amide bonds. The highest BCUT2D eigenvalue weighted by Gasteiger charge is 2.11. The van der Waals surface area contributed by atoms with Gasteiger partial charge < -0.3 is 20.5 Å². The first-order valence-electron chi connectivity index (χ1n) is 10.9. The second-order valence-corrected chi connectivity index (χ2v) is 7.64. The molecule has 1 fully saturated rings. The number of hydrogen-bond donors (Lipinski definition) is 3. The fourth-order valence-corrected chi connectivity index (χ4v) is 3.71. The lowest BCUT2D eigenvalue weighted by Crippen LogP contribution is -2.38. The summed E-state index contributed by atoms with van der Waals surface area (Å²) in [6, 6.07) is 14.3. The number of aliphatic imine (C=N–C) groups is 1. The molecule has 0 atom stereocenters. The lowest BCUT2D eigenvalue weighted by atomic mass is 10.1. The summed E-state index contributed by atoms with van der Waals surface area (Å²) in [4.78, 5) is 7.22. The summed E-state index contributed by atoms with van der Waals surface area (Å²) in [5, 5.41) is 16.8. The second-order valence-electron chi connectivity index (χ2n) is 7.64. The summed E-state index contributed by atoms with van der Waals surface area (Å²) in [5.74, 6) is 1.49. The first-order valence-corrected chi connectivity index (χ1v) is 10.9. The van der Waals surface area contributed by atoms with Crippen molar-refractivity contribution in [2.24, 2.45) is 4.99 Å². The molecular weight excluding hydrogens is 376 g/mol. The Morgan fingerprint density at radius 1 is 1.07 bits per heavy atom. The SMILES string of the molecule is CCNC(=NCc1ccc(CN2CCCC2)cc1)NCCc1cccc(OC)c1O. The van der Waals surface area contributed by atoms with Crippen LogP contribution in [0.1, 0.15) is 36.5 Å². The van der Waals surface area contributed by atoms with Gasteiger partial charge in [0.15, 0.2) is 17.5 Å². The predicted molar refractivity (Wildman–Crippen MR) is 122 cm³/mol. The highest BCUT2D eigenvalue weighted by atomic mass is 16.5. The quantitative estimate of drug-likeness (QED) is 0.437. The summed E-state index contributed by atoms with van der Waals surface area (Å²) >= 11 is 0. The van der Waals surface area contributed by atoms with E-state index in [0.29, 0.717) is 25.3 Å². The molecule has 6 heteroatoms. The van der Waals surface area contributed by atoms with Crippen LogP contribution in [0.25, 0.3) is 0 Å². The zero-order valence-electron chi connectivity index (χ0n) is 18.2. The maximum absolute atomic E-state index is 10.2. The molecule has 3 rings (SSSR count). The van der Waals surface area contributed by atoms with E-state index in [4.69, 9.17) is 9.73 Å². The third kappa shape index (κ3) is 6.39. The standard InChI is InChI=1S/C24H34N4O2/c1-3-25-24(26-14-13-21-7-6-8-22(30-2)23(21)29)27-17-19-9-11-20(12-10-19)18-28-15-4-5-16-28/h6-12,29H,3-5,13-18H2,1-2H3,(H2,25,26,27). The number of nitrogens with zero attached hydrogens (tertiary/aromatic N) is 2. The van der Waals surface area contributed by atoms with Crippen LogP contribution in [-0.2, 0) is 19.5 Å². The van der Waals surface area contributed by atoms with Gasteiger partial charge in [0.1, 0.15) is 0 Å². The van der Waals surface area contributed by atoms with E-state index in [1.54, 1.807) is 13.2 Å². The Kier molecular flexibility index (Phi) is 8.39. The molecule has 30 heavy (non-hydrogen) atoms. The molecule has 0 radical (unpaired) electrons. The number of nitrogens with one attached hydrogen (secondary N) is 2. The van der Waals surface area contributed by atoms with Gasteiger partial charge in [-0.1, -0.05) is 36.4 Å². The Morgan fingerprint density at radius 2 is 1.80 bits per heavy atom. The number of para-hydroxylation sites is 1. The molecule has 6 nitrogen and oxygen atoms in total. The average Bonchev–Trinajstić information content (AvgIpc) is 3.27. The number of phenolic OH excluding ortho intramolecular Hbond substituents is 1. The zero-order valence-corrected chi connectivity index (χ0v) is 18.2. The van der Waals surface area contributed by atoms with E-state index in [1.165, 1.54) is 37.1 Å². The molecule has 3 N–H and O–H groups in total. The van der Waals surface area contributed by atoms with Gasteiger partial charge in [0.05, 0.1) is 13.7 Å². The molecule has 0 aromatic heterocycles. The monoisotopic (exact) mass is 410 g/mol. The molecule has 0 spiro atoms. The van der Waals surface area contributed by atoms with E-state index in [0.717, 1.165) is 24.6 Å². The number of likely N-dealkylation sites (tertiary alicyclic amines) is 1. The van der Waals surface area contributed by atoms with E-state index in [2.05, 4.69) is 46.7 Å². The minimum absolute atomic E-state index is 0.206. The van der Waals surface area contributed by atoms with Gasteiger partial charge in [-0.2, -0.15) is 0 Å². The van der Waals surface area contributed by atoms with Crippen LogP contribution in [0.5, 0.6) is 11.5 Å². The van der Waals surface area contributed by atoms with Gasteiger partial charge in [-0.15, -0.1) is 0 Å². The number of benzene rings is 2. The Morgan fingerprint density at radius 3 is 2.50 bits per heavy atom. The Balaban J connectivity index is 1.51. The molecule has 2 aromatic carbocycles. The first kappa shape index (κ1) is 22.0. The second kappa shape index (κ2) is 11.5. The highest BCUT2D eigenvalue weighted by molar-refractivity contribution is 5.79. The molecule has 1 aliphatic rings. The van der Waals surface area contributed by atoms with Crippen LogP contribution < -0.4 is 15.4 Å². The van der Waals surface area contributed by atoms with Crippen molar-refractivity contribution in [2.75, 3.05) is 33.3 Å². The van der Waals surface area contributed by atoms with E-state index in [-0.39, 0.29) is 5.75 Å². The number of phenols is 1. The Bertz CT molecular complexity index is 814. The molecule has 0 unspecified atom stereocenters. The van der Waals surface area contributed by atoms with Gasteiger partial charge in [-0.3, -0.25) is 4.90 Å². The zero-order chi connectivity index (χ0) is 21.2. The van der Waals surface area contributed by atoms with Crippen molar-refractivity contribution < 1.29 is 9.84 Å². The van der Waals surface area contributed by atoms with Crippen molar-refractivity contribution >= 4 is 5.96 Å². The fourth-order valence-electron chi connectivity index (χ4n) is 3.71. The van der Waals surface area contributed by atoms with Crippen molar-refractivity contribution in [1.82, 2.24) is 15.5 Å². The summed E-state index contributed by atoms with van der Waals surface area (Å²) in [7, 11) is 1.56. The molecule has 1 heterocycles. The van der Waals surface area contributed by atoms with Gasteiger partial charge in [0.25, 0.3) is 0 Å². The van der Waals surface area contributed by atoms with E-state index >= 15 is 0 Å². The molecule has 0 aliphatic carbocycles. The predicted octanol–water partition coefficient (Wildman–Crippen LogP) is 3.29. The van der Waals surface area contributed by atoms with Gasteiger partial charge in [-0.05, 0) is 62.0 Å². The smallest absolute Gasteiger partial charge is 0.191 e. The Hall–Kier alpha value is -2.73. The fraction of sp³-hybridized carbons (Fsp3) is 0.458. The average molecular weight is 411 g/mol. The third-order valence-corrected chi connectivity index (χ3v) is 5.38. The van der Waals surface area contributed by atoms with Gasteiger partial charge in [0.2, 0.25) is 0 Å². The topological polar surface area (TPSA) is 69.1 Å². The van der Waals surface area contributed by atoms with Crippen LogP contribution in [0.3, 0.4) is 0 Å². The van der Waals surface area contributed by atoms with Crippen molar-refractivity contribution in [1.29, 1.82) is 0 Å². The van der Waals surface area contributed by atoms with Gasteiger partial charge in [0, 0.05) is 19.6 Å². The molecule has 1 aliphatic heterocycles. The number of guanidine groups is 1. The molecule has 1 saturated heterocycles.